The number of rotatable bonds is 4. The SMILES string of the molecule is COc1cccc(Cc2c[nH]c3ncc(-c4ccccc4)cc23)c1. The second-order valence-electron chi connectivity index (χ2n) is 5.83. The van der Waals surface area contributed by atoms with Crippen molar-refractivity contribution in [1.82, 2.24) is 9.97 Å². The van der Waals surface area contributed by atoms with E-state index < -0.39 is 0 Å². The van der Waals surface area contributed by atoms with Crippen LogP contribution in [0.15, 0.2) is 73.1 Å². The van der Waals surface area contributed by atoms with Crippen LogP contribution in [0, 0.1) is 0 Å². The molecule has 0 amide bonds. The number of ether oxygens (including phenoxy) is 1. The number of pyridine rings is 1. The van der Waals surface area contributed by atoms with E-state index in [0.29, 0.717) is 0 Å². The molecule has 0 unspecified atom stereocenters. The van der Waals surface area contributed by atoms with Crippen molar-refractivity contribution >= 4 is 11.0 Å². The Morgan fingerprint density at radius 1 is 0.958 bits per heavy atom. The largest absolute Gasteiger partial charge is 0.497 e. The molecule has 0 aliphatic heterocycles. The summed E-state index contributed by atoms with van der Waals surface area (Å²) in [5, 5.41) is 1.17. The second-order valence-corrected chi connectivity index (χ2v) is 5.83. The Kier molecular flexibility index (Phi) is 3.75. The van der Waals surface area contributed by atoms with Crippen LogP contribution in [0.3, 0.4) is 0 Å². The lowest BCUT2D eigenvalue weighted by molar-refractivity contribution is 0.414. The number of methoxy groups -OCH3 is 1. The molecule has 2 aromatic carbocycles. The topological polar surface area (TPSA) is 37.9 Å². The zero-order chi connectivity index (χ0) is 16.4. The van der Waals surface area contributed by atoms with Crippen molar-refractivity contribution in [2.75, 3.05) is 7.11 Å². The maximum atomic E-state index is 5.32. The molecule has 0 saturated carbocycles. The van der Waals surface area contributed by atoms with Crippen LogP contribution in [0.4, 0.5) is 0 Å². The van der Waals surface area contributed by atoms with Gasteiger partial charge in [-0.25, -0.2) is 4.98 Å². The van der Waals surface area contributed by atoms with Gasteiger partial charge in [0, 0.05) is 23.3 Å². The Morgan fingerprint density at radius 3 is 2.67 bits per heavy atom. The summed E-state index contributed by atoms with van der Waals surface area (Å²) in [5.41, 5.74) is 5.70. The smallest absolute Gasteiger partial charge is 0.137 e. The first-order valence-electron chi connectivity index (χ1n) is 7.98. The van der Waals surface area contributed by atoms with Crippen molar-refractivity contribution in [1.29, 1.82) is 0 Å². The van der Waals surface area contributed by atoms with Gasteiger partial charge in [-0.3, -0.25) is 0 Å². The van der Waals surface area contributed by atoms with Crippen LogP contribution < -0.4 is 4.74 Å². The van der Waals surface area contributed by atoms with Crippen LogP contribution in [0.1, 0.15) is 11.1 Å². The van der Waals surface area contributed by atoms with E-state index in [1.54, 1.807) is 7.11 Å². The third-order valence-corrected chi connectivity index (χ3v) is 4.25. The fraction of sp³-hybridized carbons (Fsp3) is 0.0952. The normalized spacial score (nSPS) is 10.9. The monoisotopic (exact) mass is 314 g/mol. The summed E-state index contributed by atoms with van der Waals surface area (Å²) in [4.78, 5) is 7.85. The summed E-state index contributed by atoms with van der Waals surface area (Å²) in [6.07, 6.45) is 4.81. The van der Waals surface area contributed by atoms with Gasteiger partial charge in [-0.15, -0.1) is 0 Å². The van der Waals surface area contributed by atoms with Crippen LogP contribution in [0.25, 0.3) is 22.2 Å². The molecule has 24 heavy (non-hydrogen) atoms. The minimum absolute atomic E-state index is 0.844. The second kappa shape index (κ2) is 6.20. The molecule has 0 atom stereocenters. The van der Waals surface area contributed by atoms with Crippen molar-refractivity contribution in [3.63, 3.8) is 0 Å². The summed E-state index contributed by atoms with van der Waals surface area (Å²) < 4.78 is 5.32. The molecule has 3 nitrogen and oxygen atoms in total. The first-order valence-corrected chi connectivity index (χ1v) is 7.98. The minimum Gasteiger partial charge on any atom is -0.497 e. The highest BCUT2D eigenvalue weighted by atomic mass is 16.5. The van der Waals surface area contributed by atoms with Crippen molar-refractivity contribution in [2.24, 2.45) is 0 Å². The number of aromatic nitrogens is 2. The molecule has 3 heteroatoms. The van der Waals surface area contributed by atoms with Gasteiger partial charge in [0.15, 0.2) is 0 Å². The molecule has 4 aromatic rings. The fourth-order valence-electron chi connectivity index (χ4n) is 2.99. The lowest BCUT2D eigenvalue weighted by Gasteiger charge is -2.05. The van der Waals surface area contributed by atoms with Gasteiger partial charge in [0.05, 0.1) is 7.11 Å². The summed E-state index contributed by atoms with van der Waals surface area (Å²) in [6.45, 7) is 0. The van der Waals surface area contributed by atoms with Crippen LogP contribution >= 0.6 is 0 Å². The van der Waals surface area contributed by atoms with Crippen LogP contribution in [-0.4, -0.2) is 17.1 Å². The molecule has 2 aromatic heterocycles. The molecule has 4 rings (SSSR count). The molecular weight excluding hydrogens is 296 g/mol. The average Bonchev–Trinajstić information content (AvgIpc) is 3.05. The van der Waals surface area contributed by atoms with E-state index in [4.69, 9.17) is 4.74 Å². The van der Waals surface area contributed by atoms with E-state index in [-0.39, 0.29) is 0 Å². The standard InChI is InChI=1S/C21H18N2O/c1-24-19-9-5-6-15(11-19)10-18-14-23-21-20(18)12-17(13-22-21)16-7-3-2-4-8-16/h2-9,11-14H,10H2,1H3,(H,22,23). The molecule has 0 fully saturated rings. The van der Waals surface area contributed by atoms with Gasteiger partial charge in [-0.2, -0.15) is 0 Å². The van der Waals surface area contributed by atoms with Gasteiger partial charge in [0.2, 0.25) is 0 Å². The van der Waals surface area contributed by atoms with Gasteiger partial charge >= 0.3 is 0 Å². The number of nitrogens with zero attached hydrogens (tertiary/aromatic N) is 1. The van der Waals surface area contributed by atoms with Crippen LogP contribution in [-0.2, 0) is 6.42 Å². The molecule has 0 spiro atoms. The first-order chi connectivity index (χ1) is 11.8. The van der Waals surface area contributed by atoms with Crippen molar-refractivity contribution < 1.29 is 4.74 Å². The van der Waals surface area contributed by atoms with Gasteiger partial charge in [-0.1, -0.05) is 42.5 Å². The third kappa shape index (κ3) is 2.76. The number of aromatic amines is 1. The quantitative estimate of drug-likeness (QED) is 0.586. The van der Waals surface area contributed by atoms with Crippen molar-refractivity contribution in [2.45, 2.75) is 6.42 Å². The van der Waals surface area contributed by atoms with E-state index in [9.17, 15) is 0 Å². The Hall–Kier alpha value is -3.07. The van der Waals surface area contributed by atoms with E-state index in [1.165, 1.54) is 22.1 Å². The number of fused-ring (bicyclic) bond motifs is 1. The van der Waals surface area contributed by atoms with Gasteiger partial charge in [0.1, 0.15) is 11.4 Å². The molecule has 0 aliphatic carbocycles. The van der Waals surface area contributed by atoms with Crippen molar-refractivity contribution in [3.05, 3.63) is 84.2 Å². The number of benzene rings is 2. The maximum absolute atomic E-state index is 5.32. The molecule has 0 radical (unpaired) electrons. The highest BCUT2D eigenvalue weighted by Crippen LogP contribution is 2.26. The minimum atomic E-state index is 0.844. The Balaban J connectivity index is 1.73. The summed E-state index contributed by atoms with van der Waals surface area (Å²) in [6, 6.07) is 20.7. The summed E-state index contributed by atoms with van der Waals surface area (Å²) in [5.74, 6) is 0.885. The number of H-pyrrole nitrogens is 1. The Labute approximate surface area is 140 Å². The average molecular weight is 314 g/mol. The van der Waals surface area contributed by atoms with Crippen LogP contribution in [0.5, 0.6) is 5.75 Å². The van der Waals surface area contributed by atoms with Gasteiger partial charge in [-0.05, 0) is 41.3 Å². The van der Waals surface area contributed by atoms with E-state index >= 15 is 0 Å². The van der Waals surface area contributed by atoms with Crippen LogP contribution in [0.2, 0.25) is 0 Å². The zero-order valence-corrected chi connectivity index (χ0v) is 13.5. The zero-order valence-electron chi connectivity index (χ0n) is 13.5. The van der Waals surface area contributed by atoms with E-state index in [1.807, 2.05) is 42.7 Å². The highest BCUT2D eigenvalue weighted by Gasteiger charge is 2.08. The van der Waals surface area contributed by atoms with Gasteiger partial charge in [0.25, 0.3) is 0 Å². The molecule has 2 heterocycles. The molecule has 0 bridgehead atoms. The van der Waals surface area contributed by atoms with Crippen molar-refractivity contribution in [3.8, 4) is 16.9 Å². The van der Waals surface area contributed by atoms with E-state index in [2.05, 4.69) is 40.3 Å². The molecule has 0 saturated heterocycles. The number of hydrogen-bond acceptors (Lipinski definition) is 2. The molecule has 0 aliphatic rings. The predicted octanol–water partition coefficient (Wildman–Crippen LogP) is 4.83. The summed E-state index contributed by atoms with van der Waals surface area (Å²) in [7, 11) is 1.70. The number of nitrogens with one attached hydrogen (secondary N) is 1. The predicted molar refractivity (Wildman–Crippen MR) is 97.3 cm³/mol. The third-order valence-electron chi connectivity index (χ3n) is 4.25. The fourth-order valence-corrected chi connectivity index (χ4v) is 2.99. The van der Waals surface area contributed by atoms with E-state index in [0.717, 1.165) is 23.4 Å². The summed E-state index contributed by atoms with van der Waals surface area (Å²) >= 11 is 0. The molecule has 118 valence electrons. The highest BCUT2D eigenvalue weighted by molar-refractivity contribution is 5.84. The maximum Gasteiger partial charge on any atom is 0.137 e. The first kappa shape index (κ1) is 14.5. The Bertz CT molecular complexity index is 973. The number of hydrogen-bond donors (Lipinski definition) is 1. The van der Waals surface area contributed by atoms with Gasteiger partial charge < -0.3 is 9.72 Å². The molecular formula is C21H18N2O. The lowest BCUT2D eigenvalue weighted by Crippen LogP contribution is -1.89. The molecule has 1 N–H and O–H groups in total. The Morgan fingerprint density at radius 2 is 1.83 bits per heavy atom. The lowest BCUT2D eigenvalue weighted by atomic mass is 10.0.